The number of aromatic nitrogens is 3. The molecular formula is C25H23N5O5S. The van der Waals surface area contributed by atoms with Gasteiger partial charge >= 0.3 is 0 Å². The molecule has 184 valence electrons. The Morgan fingerprint density at radius 2 is 1.89 bits per heavy atom. The van der Waals surface area contributed by atoms with Gasteiger partial charge in [0.25, 0.3) is 11.8 Å². The molecule has 0 spiro atoms. The number of carbonyl (C=O) groups excluding carboxylic acids is 2. The molecule has 4 aromatic rings. The molecule has 1 fully saturated rings. The van der Waals surface area contributed by atoms with Crippen LogP contribution < -0.4 is 14.8 Å². The van der Waals surface area contributed by atoms with Crippen LogP contribution in [0.15, 0.2) is 52.3 Å². The maximum absolute atomic E-state index is 13.0. The van der Waals surface area contributed by atoms with E-state index in [1.54, 1.807) is 61.3 Å². The number of anilines is 1. The zero-order valence-corrected chi connectivity index (χ0v) is 20.7. The van der Waals surface area contributed by atoms with Gasteiger partial charge in [0.05, 0.1) is 5.69 Å². The third-order valence-electron chi connectivity index (χ3n) is 5.50. The van der Waals surface area contributed by atoms with Gasteiger partial charge in [-0.15, -0.1) is 21.5 Å². The van der Waals surface area contributed by atoms with Crippen LogP contribution in [0.1, 0.15) is 28.4 Å². The van der Waals surface area contributed by atoms with Gasteiger partial charge in [0.1, 0.15) is 17.2 Å². The topological polar surface area (TPSA) is 120 Å². The third kappa shape index (κ3) is 5.20. The van der Waals surface area contributed by atoms with Gasteiger partial charge in [0, 0.05) is 49.5 Å². The van der Waals surface area contributed by atoms with E-state index >= 15 is 0 Å². The molecule has 10 nitrogen and oxygen atoms in total. The van der Waals surface area contributed by atoms with Crippen molar-refractivity contribution >= 4 is 28.3 Å². The summed E-state index contributed by atoms with van der Waals surface area (Å²) in [7, 11) is 1.74. The Bertz CT molecular complexity index is 1410. The number of likely N-dealkylation sites (N-methyl/N-ethyl adjacent to an activating group) is 1. The van der Waals surface area contributed by atoms with E-state index in [1.807, 2.05) is 12.3 Å². The summed E-state index contributed by atoms with van der Waals surface area (Å²) in [5.41, 5.74) is 1.88. The van der Waals surface area contributed by atoms with Gasteiger partial charge < -0.3 is 18.8 Å². The van der Waals surface area contributed by atoms with Crippen molar-refractivity contribution in [3.8, 4) is 28.7 Å². The quantitative estimate of drug-likeness (QED) is 0.391. The molecule has 2 amide bonds. The number of hydrogen-bond donors (Lipinski definition) is 1. The highest BCUT2D eigenvalue weighted by molar-refractivity contribution is 7.13. The summed E-state index contributed by atoms with van der Waals surface area (Å²) < 4.78 is 17.5. The lowest BCUT2D eigenvalue weighted by atomic mass is 10.1. The highest BCUT2D eigenvalue weighted by Crippen LogP contribution is 2.31. The van der Waals surface area contributed by atoms with E-state index in [-0.39, 0.29) is 11.8 Å². The molecule has 5 rings (SSSR count). The zero-order chi connectivity index (χ0) is 25.2. The minimum absolute atomic E-state index is 0.0996. The number of hydrogen-bond acceptors (Lipinski definition) is 9. The predicted octanol–water partition coefficient (Wildman–Crippen LogP) is 4.46. The summed E-state index contributed by atoms with van der Waals surface area (Å²) in [6.45, 7) is 4.19. The van der Waals surface area contributed by atoms with Gasteiger partial charge in [0.15, 0.2) is 11.2 Å². The van der Waals surface area contributed by atoms with Gasteiger partial charge in [0.2, 0.25) is 11.8 Å². The van der Waals surface area contributed by atoms with Crippen LogP contribution in [0.5, 0.6) is 17.2 Å². The van der Waals surface area contributed by atoms with E-state index in [4.69, 9.17) is 13.9 Å². The van der Waals surface area contributed by atoms with E-state index in [1.165, 1.54) is 11.3 Å². The highest BCUT2D eigenvalue weighted by Gasteiger charge is 2.31. The average Bonchev–Trinajstić information content (AvgIpc) is 3.56. The number of aryl methyl sites for hydroxylation is 2. The summed E-state index contributed by atoms with van der Waals surface area (Å²) in [6, 6.07) is 12.0. The molecule has 3 heterocycles. The number of nitrogens with one attached hydrogen (secondary N) is 1. The van der Waals surface area contributed by atoms with Crippen LogP contribution in [0.4, 0.5) is 5.13 Å². The van der Waals surface area contributed by atoms with Crippen molar-refractivity contribution in [3.63, 3.8) is 0 Å². The van der Waals surface area contributed by atoms with Crippen LogP contribution in [0.2, 0.25) is 0 Å². The first-order valence-corrected chi connectivity index (χ1v) is 12.1. The van der Waals surface area contributed by atoms with Crippen molar-refractivity contribution in [1.82, 2.24) is 20.1 Å². The highest BCUT2D eigenvalue weighted by atomic mass is 32.1. The van der Waals surface area contributed by atoms with Gasteiger partial charge in [-0.1, -0.05) is 0 Å². The molecule has 1 N–H and O–H groups in total. The summed E-state index contributed by atoms with van der Waals surface area (Å²) in [6.07, 6.45) is -0.0448. The average molecular weight is 506 g/mol. The van der Waals surface area contributed by atoms with Crippen molar-refractivity contribution in [1.29, 1.82) is 0 Å². The minimum Gasteiger partial charge on any atom is -0.480 e. The number of carbonyl (C=O) groups is 2. The largest absolute Gasteiger partial charge is 0.480 e. The number of thiazole rings is 1. The van der Waals surface area contributed by atoms with Crippen molar-refractivity contribution < 1.29 is 23.5 Å². The van der Waals surface area contributed by atoms with Gasteiger partial charge in [-0.2, -0.15) is 0 Å². The van der Waals surface area contributed by atoms with Crippen LogP contribution in [-0.2, 0) is 4.79 Å². The smallest absolute Gasteiger partial charge is 0.263 e. The molecule has 1 aliphatic heterocycles. The summed E-state index contributed by atoms with van der Waals surface area (Å²) in [4.78, 5) is 31.3. The predicted molar refractivity (Wildman–Crippen MR) is 132 cm³/mol. The Morgan fingerprint density at radius 1 is 1.11 bits per heavy atom. The molecule has 1 saturated heterocycles. The van der Waals surface area contributed by atoms with Gasteiger partial charge in [-0.3, -0.25) is 14.9 Å². The maximum atomic E-state index is 13.0. The SMILES string of the molecule is Cc1csc(NC(=O)c2cc(Oc3ccc(-c4nnc(C)o4)cc3)cc(O[C@H]3CCN(C)C3=O)c2)n1. The van der Waals surface area contributed by atoms with E-state index < -0.39 is 6.10 Å². The molecule has 0 radical (unpaired) electrons. The van der Waals surface area contributed by atoms with Crippen LogP contribution in [0.3, 0.4) is 0 Å². The molecule has 0 unspecified atom stereocenters. The maximum Gasteiger partial charge on any atom is 0.263 e. The lowest BCUT2D eigenvalue weighted by Gasteiger charge is -2.15. The van der Waals surface area contributed by atoms with E-state index in [2.05, 4.69) is 20.5 Å². The number of amides is 2. The molecular weight excluding hydrogens is 482 g/mol. The first-order valence-electron chi connectivity index (χ1n) is 11.2. The Morgan fingerprint density at radius 3 is 2.53 bits per heavy atom. The molecule has 1 aliphatic rings. The van der Waals surface area contributed by atoms with Crippen LogP contribution in [-0.4, -0.2) is 51.6 Å². The monoisotopic (exact) mass is 505 g/mol. The molecule has 0 bridgehead atoms. The van der Waals surface area contributed by atoms with Crippen molar-refractivity contribution in [3.05, 3.63) is 65.0 Å². The number of rotatable bonds is 7. The van der Waals surface area contributed by atoms with Gasteiger partial charge in [-0.05, 0) is 43.3 Å². The second-order valence-corrected chi connectivity index (χ2v) is 9.21. The molecule has 2 aromatic heterocycles. The summed E-state index contributed by atoms with van der Waals surface area (Å²) in [5.74, 6) is 1.71. The number of benzene rings is 2. The fraction of sp³-hybridized carbons (Fsp3) is 0.240. The number of nitrogens with zero attached hydrogens (tertiary/aromatic N) is 4. The second kappa shape index (κ2) is 9.78. The fourth-order valence-electron chi connectivity index (χ4n) is 3.69. The van der Waals surface area contributed by atoms with Crippen molar-refractivity contribution in [2.45, 2.75) is 26.4 Å². The lowest BCUT2D eigenvalue weighted by molar-refractivity contribution is -0.132. The molecule has 2 aromatic carbocycles. The van der Waals surface area contributed by atoms with Gasteiger partial charge in [-0.25, -0.2) is 4.98 Å². The fourth-order valence-corrected chi connectivity index (χ4v) is 4.37. The first kappa shape index (κ1) is 23.5. The Hall–Kier alpha value is -4.25. The van der Waals surface area contributed by atoms with Crippen molar-refractivity contribution in [2.75, 3.05) is 18.9 Å². The molecule has 11 heteroatoms. The Balaban J connectivity index is 1.40. The number of likely N-dealkylation sites (tertiary alicyclic amines) is 1. The lowest BCUT2D eigenvalue weighted by Crippen LogP contribution is -2.29. The molecule has 0 saturated carbocycles. The summed E-state index contributed by atoms with van der Waals surface area (Å²) in [5, 5.41) is 13.0. The Kier molecular flexibility index (Phi) is 6.38. The van der Waals surface area contributed by atoms with E-state index in [0.717, 1.165) is 11.3 Å². The number of ether oxygens (including phenoxy) is 2. The molecule has 1 atom stereocenters. The van der Waals surface area contributed by atoms with Crippen LogP contribution in [0, 0.1) is 13.8 Å². The second-order valence-electron chi connectivity index (χ2n) is 8.35. The van der Waals surface area contributed by atoms with Crippen LogP contribution in [0.25, 0.3) is 11.5 Å². The zero-order valence-electron chi connectivity index (χ0n) is 19.8. The molecule has 0 aliphatic carbocycles. The van der Waals surface area contributed by atoms with E-state index in [0.29, 0.717) is 52.7 Å². The normalized spacial score (nSPS) is 15.2. The first-order chi connectivity index (χ1) is 17.3. The van der Waals surface area contributed by atoms with Crippen molar-refractivity contribution in [2.24, 2.45) is 0 Å². The minimum atomic E-state index is -0.611. The third-order valence-corrected chi connectivity index (χ3v) is 6.38. The standard InChI is InChI=1S/C25H23N5O5S/c1-14-13-36-25(26-14)27-22(31)17-10-19(12-20(11-17)35-21-8-9-30(3)24(21)32)34-18-6-4-16(5-7-18)23-29-28-15(2)33-23/h4-7,10-13,21H,8-9H2,1-3H3,(H,26,27,31)/t21-/m0/s1. The summed E-state index contributed by atoms with van der Waals surface area (Å²) >= 11 is 1.34. The molecule has 36 heavy (non-hydrogen) atoms. The van der Waals surface area contributed by atoms with Crippen LogP contribution >= 0.6 is 11.3 Å². The van der Waals surface area contributed by atoms with E-state index in [9.17, 15) is 9.59 Å². The Labute approximate surface area is 210 Å².